The number of hydrogen-bond acceptors (Lipinski definition) is 10. The van der Waals surface area contributed by atoms with Crippen LogP contribution in [0.4, 0.5) is 0 Å². The Morgan fingerprint density at radius 3 is 2.00 bits per heavy atom. The molecule has 2 rings (SSSR count). The van der Waals surface area contributed by atoms with Gasteiger partial charge in [0, 0.05) is 54.9 Å². The molecule has 2 aliphatic rings. The number of methoxy groups -OCH3 is 1. The average Bonchev–Trinajstić information content (AvgIpc) is 3.45. The SMILES string of the molecule is CC(CS)C(=O)N1CCSC1C(=O)O.COC(=O)C1SCCN1C(=O)C(C)CSC(C)=O. The number of thiol groups is 1. The number of rotatable bonds is 7. The van der Waals surface area contributed by atoms with Gasteiger partial charge in [0.05, 0.1) is 7.11 Å². The Morgan fingerprint density at radius 1 is 1.03 bits per heavy atom. The normalized spacial score (nSPS) is 21.9. The fraction of sp³-hybridized carbons (Fsp3) is 0.737. The lowest BCUT2D eigenvalue weighted by Gasteiger charge is -2.24. The first kappa shape index (κ1) is 29.0. The van der Waals surface area contributed by atoms with Gasteiger partial charge in [0.2, 0.25) is 11.8 Å². The highest BCUT2D eigenvalue weighted by molar-refractivity contribution is 8.13. The zero-order valence-electron chi connectivity index (χ0n) is 18.5. The molecule has 0 spiro atoms. The summed E-state index contributed by atoms with van der Waals surface area (Å²) >= 11 is 7.87. The second-order valence-corrected chi connectivity index (χ2v) is 11.1. The molecule has 0 aromatic rings. The Balaban J connectivity index is 0.000000330. The van der Waals surface area contributed by atoms with Gasteiger partial charge in [-0.25, -0.2) is 9.59 Å². The summed E-state index contributed by atoms with van der Waals surface area (Å²) in [6, 6.07) is 0. The molecule has 9 nitrogen and oxygen atoms in total. The van der Waals surface area contributed by atoms with Gasteiger partial charge in [0.15, 0.2) is 15.9 Å². The maximum atomic E-state index is 12.2. The number of carbonyl (C=O) groups excluding carboxylic acids is 4. The van der Waals surface area contributed by atoms with E-state index in [4.69, 9.17) is 5.11 Å². The highest BCUT2D eigenvalue weighted by Crippen LogP contribution is 2.27. The zero-order chi connectivity index (χ0) is 24.4. The molecule has 0 aromatic carbocycles. The third-order valence-electron chi connectivity index (χ3n) is 4.62. The Labute approximate surface area is 206 Å². The number of amides is 2. The van der Waals surface area contributed by atoms with Crippen molar-refractivity contribution in [2.24, 2.45) is 11.8 Å². The molecule has 13 heteroatoms. The number of nitrogens with zero attached hydrogens (tertiary/aromatic N) is 2. The van der Waals surface area contributed by atoms with Gasteiger partial charge in [-0.3, -0.25) is 14.4 Å². The van der Waals surface area contributed by atoms with Crippen LogP contribution in [0.5, 0.6) is 0 Å². The second-order valence-electron chi connectivity index (χ2n) is 7.16. The lowest BCUT2D eigenvalue weighted by molar-refractivity contribution is -0.149. The lowest BCUT2D eigenvalue weighted by atomic mass is 10.2. The van der Waals surface area contributed by atoms with Gasteiger partial charge in [-0.2, -0.15) is 12.6 Å². The smallest absolute Gasteiger partial charge is 0.339 e. The number of ether oxygens (including phenoxy) is 1. The van der Waals surface area contributed by atoms with Gasteiger partial charge in [0.1, 0.15) is 0 Å². The first-order valence-electron chi connectivity index (χ1n) is 9.94. The maximum absolute atomic E-state index is 12.2. The number of aliphatic carboxylic acids is 1. The monoisotopic (exact) mass is 526 g/mol. The third kappa shape index (κ3) is 8.38. The number of carboxylic acid groups (broad SMARTS) is 1. The van der Waals surface area contributed by atoms with Crippen LogP contribution in [0.3, 0.4) is 0 Å². The van der Waals surface area contributed by atoms with E-state index in [1.54, 1.807) is 18.7 Å². The van der Waals surface area contributed by atoms with E-state index in [2.05, 4.69) is 17.4 Å². The largest absolute Gasteiger partial charge is 0.479 e. The second kappa shape index (κ2) is 14.3. The van der Waals surface area contributed by atoms with Crippen molar-refractivity contribution >= 4 is 76.8 Å². The van der Waals surface area contributed by atoms with Crippen LogP contribution in [-0.2, 0) is 28.7 Å². The highest BCUT2D eigenvalue weighted by Gasteiger charge is 2.37. The summed E-state index contributed by atoms with van der Waals surface area (Å²) in [7, 11) is 1.32. The third-order valence-corrected chi connectivity index (χ3v) is 8.61. The van der Waals surface area contributed by atoms with Gasteiger partial charge < -0.3 is 19.6 Å². The molecule has 2 fully saturated rings. The summed E-state index contributed by atoms with van der Waals surface area (Å²) in [5.74, 6) is 0.310. The van der Waals surface area contributed by atoms with E-state index in [9.17, 15) is 24.0 Å². The first-order chi connectivity index (χ1) is 15.0. The molecule has 0 aromatic heterocycles. The van der Waals surface area contributed by atoms with E-state index in [1.807, 2.05) is 0 Å². The van der Waals surface area contributed by atoms with Crippen LogP contribution in [0.1, 0.15) is 20.8 Å². The van der Waals surface area contributed by atoms with Gasteiger partial charge in [-0.1, -0.05) is 25.6 Å². The molecule has 2 saturated heterocycles. The molecule has 1 N–H and O–H groups in total. The number of carbonyl (C=O) groups is 5. The molecule has 0 aliphatic carbocycles. The summed E-state index contributed by atoms with van der Waals surface area (Å²) < 4.78 is 4.68. The molecule has 32 heavy (non-hydrogen) atoms. The summed E-state index contributed by atoms with van der Waals surface area (Å²) in [4.78, 5) is 60.0. The summed E-state index contributed by atoms with van der Waals surface area (Å²) in [5.41, 5.74) is 0. The van der Waals surface area contributed by atoms with Crippen LogP contribution in [0.2, 0.25) is 0 Å². The predicted octanol–water partition coefficient (Wildman–Crippen LogP) is 1.52. The van der Waals surface area contributed by atoms with Crippen molar-refractivity contribution in [2.45, 2.75) is 31.5 Å². The van der Waals surface area contributed by atoms with E-state index in [1.165, 1.54) is 42.5 Å². The van der Waals surface area contributed by atoms with Gasteiger partial charge in [0.25, 0.3) is 0 Å². The van der Waals surface area contributed by atoms with E-state index in [-0.39, 0.29) is 28.8 Å². The molecule has 4 unspecified atom stereocenters. The number of hydrogen-bond donors (Lipinski definition) is 2. The van der Waals surface area contributed by atoms with Crippen LogP contribution >= 0.6 is 47.9 Å². The average molecular weight is 527 g/mol. The van der Waals surface area contributed by atoms with Crippen molar-refractivity contribution < 1.29 is 33.8 Å². The molecular formula is C19H30N2O7S4. The maximum Gasteiger partial charge on any atom is 0.339 e. The minimum Gasteiger partial charge on any atom is -0.479 e. The van der Waals surface area contributed by atoms with Crippen LogP contribution in [0.15, 0.2) is 0 Å². The molecule has 182 valence electrons. The molecule has 0 saturated carbocycles. The quantitative estimate of drug-likeness (QED) is 0.373. The minimum absolute atomic E-state index is 0.00466. The van der Waals surface area contributed by atoms with Gasteiger partial charge in [-0.05, 0) is 0 Å². The molecule has 2 heterocycles. The number of esters is 1. The Hall–Kier alpha value is -1.05. The van der Waals surface area contributed by atoms with Crippen LogP contribution < -0.4 is 0 Å². The molecule has 4 atom stereocenters. The van der Waals surface area contributed by atoms with Crippen molar-refractivity contribution in [2.75, 3.05) is 43.2 Å². The predicted molar refractivity (Wildman–Crippen MR) is 131 cm³/mol. The molecule has 2 amide bonds. The van der Waals surface area contributed by atoms with E-state index < -0.39 is 22.7 Å². The fourth-order valence-electron chi connectivity index (χ4n) is 2.85. The Morgan fingerprint density at radius 2 is 1.53 bits per heavy atom. The van der Waals surface area contributed by atoms with Crippen LogP contribution in [0, 0.1) is 11.8 Å². The fourth-order valence-corrected chi connectivity index (χ4v) is 5.84. The van der Waals surface area contributed by atoms with Crippen molar-refractivity contribution in [1.29, 1.82) is 0 Å². The van der Waals surface area contributed by atoms with E-state index in [0.29, 0.717) is 30.3 Å². The lowest BCUT2D eigenvalue weighted by Crippen LogP contribution is -2.43. The van der Waals surface area contributed by atoms with Crippen molar-refractivity contribution in [3.63, 3.8) is 0 Å². The van der Waals surface area contributed by atoms with Gasteiger partial charge in [-0.15, -0.1) is 23.5 Å². The van der Waals surface area contributed by atoms with Crippen molar-refractivity contribution in [3.05, 3.63) is 0 Å². The van der Waals surface area contributed by atoms with Crippen molar-refractivity contribution in [3.8, 4) is 0 Å². The summed E-state index contributed by atoms with van der Waals surface area (Å²) in [6.07, 6.45) is 0. The van der Waals surface area contributed by atoms with Crippen LogP contribution in [0.25, 0.3) is 0 Å². The number of carboxylic acids is 1. The minimum atomic E-state index is -0.938. The Bertz CT molecular complexity index is 709. The topological polar surface area (TPSA) is 121 Å². The molecule has 2 aliphatic heterocycles. The summed E-state index contributed by atoms with van der Waals surface area (Å²) in [6.45, 7) is 6.09. The van der Waals surface area contributed by atoms with Crippen LogP contribution in [-0.4, -0.2) is 97.7 Å². The standard InChI is InChI=1S/C11H17NO4S2.C8H13NO3S2/c1-7(6-18-8(2)13)9(14)12-4-5-17-10(12)11(15)16-3;1-5(4-13)6(10)9-2-3-14-7(9)8(11)12/h7,10H,4-6H2,1-3H3;5,7,13H,2-4H2,1H3,(H,11,12). The summed E-state index contributed by atoms with van der Waals surface area (Å²) in [5, 5.41) is 7.61. The molecule has 0 bridgehead atoms. The zero-order valence-corrected chi connectivity index (χ0v) is 21.9. The molecular weight excluding hydrogens is 496 g/mol. The van der Waals surface area contributed by atoms with E-state index >= 15 is 0 Å². The number of thioether (sulfide) groups is 3. The molecule has 0 radical (unpaired) electrons. The van der Waals surface area contributed by atoms with E-state index in [0.717, 1.165) is 17.5 Å². The highest BCUT2D eigenvalue weighted by atomic mass is 32.2. The van der Waals surface area contributed by atoms with Crippen molar-refractivity contribution in [1.82, 2.24) is 9.80 Å². The Kier molecular flexibility index (Phi) is 12.9. The van der Waals surface area contributed by atoms with Gasteiger partial charge >= 0.3 is 11.9 Å². The first-order valence-corrected chi connectivity index (χ1v) is 13.7.